The molecule has 1 aromatic carbocycles. The second-order valence-corrected chi connectivity index (χ2v) is 7.57. The molecule has 0 fully saturated rings. The minimum atomic E-state index is -0.620. The van der Waals surface area contributed by atoms with Crippen LogP contribution in [-0.4, -0.2) is 44.5 Å². The molecule has 0 spiro atoms. The Labute approximate surface area is 170 Å². The third-order valence-corrected chi connectivity index (χ3v) is 5.50. The van der Waals surface area contributed by atoms with Crippen molar-refractivity contribution in [3.8, 4) is 17.1 Å². The number of aromatic nitrogens is 4. The van der Waals surface area contributed by atoms with Gasteiger partial charge in [-0.2, -0.15) is 0 Å². The van der Waals surface area contributed by atoms with Crippen LogP contribution >= 0.6 is 11.8 Å². The second kappa shape index (κ2) is 8.08. The summed E-state index contributed by atoms with van der Waals surface area (Å²) in [6.07, 6.45) is 0. The van der Waals surface area contributed by atoms with E-state index >= 15 is 0 Å². The normalized spacial score (nSPS) is 12.0. The molecule has 9 nitrogen and oxygen atoms in total. The quantitative estimate of drug-likeness (QED) is 0.349. The topological polar surface area (TPSA) is 105 Å². The van der Waals surface area contributed by atoms with Crippen molar-refractivity contribution in [1.82, 2.24) is 19.1 Å². The minimum absolute atomic E-state index is 0.161. The summed E-state index contributed by atoms with van der Waals surface area (Å²) in [7, 11) is 5.73. The Morgan fingerprint density at radius 2 is 1.79 bits per heavy atom. The molecule has 0 radical (unpaired) electrons. The fourth-order valence-corrected chi connectivity index (χ4v) is 3.81. The average Bonchev–Trinajstić information content (AvgIpc) is 2.74. The van der Waals surface area contributed by atoms with E-state index in [2.05, 4.69) is 9.97 Å². The monoisotopic (exact) mass is 416 g/mol. The number of hydrogen-bond donors (Lipinski definition) is 0. The number of carbonyl (C=O) groups is 1. The van der Waals surface area contributed by atoms with Crippen LogP contribution in [0.15, 0.2) is 38.9 Å². The van der Waals surface area contributed by atoms with Crippen LogP contribution in [-0.2, 0) is 23.6 Å². The highest BCUT2D eigenvalue weighted by Crippen LogP contribution is 2.32. The molecule has 3 rings (SSSR count). The van der Waals surface area contributed by atoms with Gasteiger partial charge >= 0.3 is 11.7 Å². The lowest BCUT2D eigenvalue weighted by Gasteiger charge is -2.14. The summed E-state index contributed by atoms with van der Waals surface area (Å²) >= 11 is 1.07. The van der Waals surface area contributed by atoms with Crippen LogP contribution in [0.3, 0.4) is 0 Å². The molecular weight excluding hydrogens is 396 g/mol. The summed E-state index contributed by atoms with van der Waals surface area (Å²) in [5.74, 6) is 0.359. The average molecular weight is 416 g/mol. The first-order valence-electron chi connectivity index (χ1n) is 8.65. The lowest BCUT2D eigenvalue weighted by Crippen LogP contribution is -2.37. The van der Waals surface area contributed by atoms with Crippen LogP contribution in [0.2, 0.25) is 0 Å². The van der Waals surface area contributed by atoms with Gasteiger partial charge < -0.3 is 9.47 Å². The zero-order valence-electron chi connectivity index (χ0n) is 16.6. The van der Waals surface area contributed by atoms with Gasteiger partial charge in [-0.15, -0.1) is 0 Å². The maximum atomic E-state index is 12.8. The number of nitrogens with zero attached hydrogens (tertiary/aromatic N) is 4. The van der Waals surface area contributed by atoms with E-state index < -0.39 is 22.5 Å². The Morgan fingerprint density at radius 1 is 1.10 bits per heavy atom. The van der Waals surface area contributed by atoms with Gasteiger partial charge in [-0.3, -0.25) is 18.7 Å². The van der Waals surface area contributed by atoms with E-state index in [0.717, 1.165) is 16.3 Å². The van der Waals surface area contributed by atoms with Gasteiger partial charge in [0.1, 0.15) is 21.4 Å². The highest BCUT2D eigenvalue weighted by molar-refractivity contribution is 8.00. The highest BCUT2D eigenvalue weighted by atomic mass is 32.2. The van der Waals surface area contributed by atoms with Crippen molar-refractivity contribution >= 4 is 28.8 Å². The number of ether oxygens (including phenoxy) is 2. The molecule has 152 valence electrons. The van der Waals surface area contributed by atoms with Gasteiger partial charge in [-0.05, 0) is 19.1 Å². The molecule has 0 bridgehead atoms. The molecule has 3 aromatic rings. The minimum Gasteiger partial charge on any atom is -0.496 e. The predicted molar refractivity (Wildman–Crippen MR) is 109 cm³/mol. The van der Waals surface area contributed by atoms with Crippen LogP contribution in [0.5, 0.6) is 5.75 Å². The Kier molecular flexibility index (Phi) is 5.73. The van der Waals surface area contributed by atoms with Crippen molar-refractivity contribution in [2.24, 2.45) is 14.1 Å². The Morgan fingerprint density at radius 3 is 2.45 bits per heavy atom. The number of aryl methyl sites for hydroxylation is 1. The maximum Gasteiger partial charge on any atom is 0.332 e. The van der Waals surface area contributed by atoms with Crippen molar-refractivity contribution in [3.63, 3.8) is 0 Å². The number of esters is 1. The van der Waals surface area contributed by atoms with Gasteiger partial charge in [0, 0.05) is 14.1 Å². The SMILES string of the molecule is COC(=O)[C@H](C)Sc1nc(-c2ccccc2OC)nc2c1c(=O)n(C)c(=O)n2C. The number of fused-ring (bicyclic) bond motifs is 1. The number of para-hydroxylation sites is 1. The summed E-state index contributed by atoms with van der Waals surface area (Å²) in [6.45, 7) is 1.65. The van der Waals surface area contributed by atoms with E-state index in [1.54, 1.807) is 25.1 Å². The van der Waals surface area contributed by atoms with Crippen molar-refractivity contribution in [3.05, 3.63) is 45.1 Å². The number of rotatable bonds is 5. The highest BCUT2D eigenvalue weighted by Gasteiger charge is 2.23. The molecule has 0 aliphatic carbocycles. The van der Waals surface area contributed by atoms with Crippen molar-refractivity contribution in [1.29, 1.82) is 0 Å². The van der Waals surface area contributed by atoms with Gasteiger partial charge in [0.2, 0.25) is 0 Å². The van der Waals surface area contributed by atoms with Gasteiger partial charge in [0.05, 0.1) is 19.8 Å². The Balaban J connectivity index is 2.38. The summed E-state index contributed by atoms with van der Waals surface area (Å²) in [5.41, 5.74) is -0.274. The standard InChI is InChI=1S/C19H20N4O5S/c1-10(18(25)28-5)29-16-13-15(22(2)19(26)23(3)17(13)24)20-14(21-16)11-8-6-7-9-12(11)27-4/h6-10H,1-5H3/t10-/m0/s1. The van der Waals surface area contributed by atoms with Gasteiger partial charge in [0.15, 0.2) is 11.5 Å². The number of carbonyl (C=O) groups excluding carboxylic acids is 1. The van der Waals surface area contributed by atoms with E-state index in [1.165, 1.54) is 32.9 Å². The van der Waals surface area contributed by atoms with Crippen LogP contribution in [0, 0.1) is 0 Å². The first-order chi connectivity index (χ1) is 13.8. The lowest BCUT2D eigenvalue weighted by atomic mass is 10.2. The second-order valence-electron chi connectivity index (χ2n) is 6.24. The summed E-state index contributed by atoms with van der Waals surface area (Å²) in [5, 5.41) is -0.176. The van der Waals surface area contributed by atoms with Gasteiger partial charge in [-0.1, -0.05) is 23.9 Å². The molecule has 0 saturated carbocycles. The number of thioether (sulfide) groups is 1. The Bertz CT molecular complexity index is 1220. The lowest BCUT2D eigenvalue weighted by molar-refractivity contribution is -0.139. The third-order valence-electron chi connectivity index (χ3n) is 4.44. The predicted octanol–water partition coefficient (Wildman–Crippen LogP) is 1.36. The summed E-state index contributed by atoms with van der Waals surface area (Å²) in [6, 6.07) is 7.15. The Hall–Kier alpha value is -3.14. The van der Waals surface area contributed by atoms with Gasteiger partial charge in [-0.25, -0.2) is 14.8 Å². The van der Waals surface area contributed by atoms with E-state index in [9.17, 15) is 14.4 Å². The molecule has 2 heterocycles. The molecule has 1 atom stereocenters. The smallest absolute Gasteiger partial charge is 0.332 e. The third kappa shape index (κ3) is 3.63. The fraction of sp³-hybridized carbons (Fsp3) is 0.316. The molecule has 0 amide bonds. The van der Waals surface area contributed by atoms with Crippen LogP contribution in [0.1, 0.15) is 6.92 Å². The molecule has 10 heteroatoms. The van der Waals surface area contributed by atoms with Crippen LogP contribution < -0.4 is 16.0 Å². The number of benzene rings is 1. The van der Waals surface area contributed by atoms with Crippen LogP contribution in [0.4, 0.5) is 0 Å². The van der Waals surface area contributed by atoms with Gasteiger partial charge in [0.25, 0.3) is 5.56 Å². The van der Waals surface area contributed by atoms with E-state index in [-0.39, 0.29) is 21.9 Å². The molecule has 0 saturated heterocycles. The van der Waals surface area contributed by atoms with Crippen LogP contribution in [0.25, 0.3) is 22.4 Å². The molecule has 0 aliphatic heterocycles. The number of hydrogen-bond acceptors (Lipinski definition) is 8. The number of methoxy groups -OCH3 is 2. The zero-order valence-corrected chi connectivity index (χ0v) is 17.4. The summed E-state index contributed by atoms with van der Waals surface area (Å²) in [4.78, 5) is 46.2. The molecule has 0 unspecified atom stereocenters. The molecular formula is C19H20N4O5S. The molecule has 29 heavy (non-hydrogen) atoms. The first kappa shape index (κ1) is 20.6. The zero-order chi connectivity index (χ0) is 21.3. The van der Waals surface area contributed by atoms with E-state index in [0.29, 0.717) is 11.3 Å². The largest absolute Gasteiger partial charge is 0.496 e. The maximum absolute atomic E-state index is 12.8. The summed E-state index contributed by atoms with van der Waals surface area (Å²) < 4.78 is 12.4. The molecule has 0 aliphatic rings. The molecule has 0 N–H and O–H groups in total. The van der Waals surface area contributed by atoms with Crippen molar-refractivity contribution in [2.45, 2.75) is 17.2 Å². The first-order valence-corrected chi connectivity index (χ1v) is 9.53. The van der Waals surface area contributed by atoms with E-state index in [4.69, 9.17) is 9.47 Å². The van der Waals surface area contributed by atoms with Crippen molar-refractivity contribution < 1.29 is 14.3 Å². The molecule has 2 aromatic heterocycles. The van der Waals surface area contributed by atoms with E-state index in [1.807, 2.05) is 6.07 Å². The fourth-order valence-electron chi connectivity index (χ4n) is 2.85. The van der Waals surface area contributed by atoms with Crippen molar-refractivity contribution in [2.75, 3.05) is 14.2 Å².